The Morgan fingerprint density at radius 2 is 1.77 bits per heavy atom. The molecule has 7 heteroatoms. The highest BCUT2D eigenvalue weighted by Crippen LogP contribution is 2.39. The summed E-state index contributed by atoms with van der Waals surface area (Å²) in [5, 5.41) is 12.4. The minimum Gasteiger partial charge on any atom is -0.481 e. The lowest BCUT2D eigenvalue weighted by Crippen LogP contribution is -2.31. The van der Waals surface area contributed by atoms with Crippen molar-refractivity contribution < 1.29 is 14.7 Å². The number of thioether (sulfide) groups is 1. The molecule has 0 saturated heterocycles. The second-order valence-electron chi connectivity index (χ2n) is 8.55. The summed E-state index contributed by atoms with van der Waals surface area (Å²) in [6, 6.07) is 12.3. The molecule has 2 aromatic carbocycles. The van der Waals surface area contributed by atoms with Gasteiger partial charge < -0.3 is 5.11 Å². The van der Waals surface area contributed by atoms with Crippen molar-refractivity contribution in [3.63, 3.8) is 0 Å². The zero-order valence-corrected chi connectivity index (χ0v) is 19.9. The van der Waals surface area contributed by atoms with Crippen LogP contribution in [0.2, 0.25) is 5.15 Å². The molecule has 3 aromatic rings. The number of hydrogen-bond acceptors (Lipinski definition) is 4. The number of benzene rings is 2. The van der Waals surface area contributed by atoms with Crippen LogP contribution in [0.1, 0.15) is 52.5 Å². The number of Topliss-reactive ketones (excluding diaryl/α,β-unsaturated/α-hetero) is 1. The lowest BCUT2D eigenvalue weighted by atomic mass is 9.95. The summed E-state index contributed by atoms with van der Waals surface area (Å²) in [5.41, 5.74) is 2.15. The highest BCUT2D eigenvalue weighted by Gasteiger charge is 2.33. The van der Waals surface area contributed by atoms with Crippen LogP contribution >= 0.6 is 23.4 Å². The summed E-state index contributed by atoms with van der Waals surface area (Å²) in [6.45, 7) is 9.46. The number of aromatic nitrogens is 2. The van der Waals surface area contributed by atoms with E-state index < -0.39 is 16.6 Å². The minimum atomic E-state index is -0.976. The van der Waals surface area contributed by atoms with Crippen molar-refractivity contribution in [2.45, 2.75) is 56.9 Å². The molecular formula is C24H27ClN2O3S. The molecule has 0 aliphatic rings. The Kier molecular flexibility index (Phi) is 6.82. The number of imidazole rings is 1. The lowest BCUT2D eigenvalue weighted by molar-refractivity contribution is -0.143. The Labute approximate surface area is 191 Å². The van der Waals surface area contributed by atoms with Gasteiger partial charge in [0.2, 0.25) is 0 Å². The van der Waals surface area contributed by atoms with Crippen LogP contribution in [-0.4, -0.2) is 31.2 Å². The highest BCUT2D eigenvalue weighted by molar-refractivity contribution is 8.01. The maximum Gasteiger partial charge on any atom is 0.306 e. The molecule has 1 unspecified atom stereocenters. The van der Waals surface area contributed by atoms with Gasteiger partial charge in [-0.2, -0.15) is 0 Å². The van der Waals surface area contributed by atoms with E-state index in [9.17, 15) is 9.59 Å². The third kappa shape index (κ3) is 4.80. The monoisotopic (exact) mass is 458 g/mol. The molecule has 0 radical (unpaired) electrons. The average Bonchev–Trinajstić information content (AvgIpc) is 3.05. The normalized spacial score (nSPS) is 13.0. The van der Waals surface area contributed by atoms with Gasteiger partial charge in [0.1, 0.15) is 10.9 Å². The number of aliphatic carboxylic acids is 1. The maximum absolute atomic E-state index is 12.8. The van der Waals surface area contributed by atoms with Gasteiger partial charge in [0.25, 0.3) is 0 Å². The van der Waals surface area contributed by atoms with Crippen molar-refractivity contribution in [1.29, 1.82) is 0 Å². The fraction of sp³-hybridized carbons (Fsp3) is 0.375. The number of carboxylic acids is 1. The number of hydrogen-bond donors (Lipinski definition) is 1. The van der Waals surface area contributed by atoms with Gasteiger partial charge in [-0.1, -0.05) is 74.5 Å². The number of carbonyl (C=O) groups excluding carboxylic acids is 1. The predicted octanol–water partition coefficient (Wildman–Crippen LogP) is 6.35. The first kappa shape index (κ1) is 23.4. The molecule has 5 nitrogen and oxygen atoms in total. The number of ketones is 1. The van der Waals surface area contributed by atoms with E-state index in [2.05, 4.69) is 37.0 Å². The van der Waals surface area contributed by atoms with E-state index in [0.29, 0.717) is 16.2 Å². The summed E-state index contributed by atoms with van der Waals surface area (Å²) >= 11 is 7.83. The average molecular weight is 459 g/mol. The Morgan fingerprint density at radius 1 is 1.13 bits per heavy atom. The van der Waals surface area contributed by atoms with E-state index in [-0.39, 0.29) is 12.2 Å². The number of nitrogens with zero attached hydrogens (tertiary/aromatic N) is 2. The molecule has 0 spiro atoms. The molecular weight excluding hydrogens is 432 g/mol. The van der Waals surface area contributed by atoms with Crippen LogP contribution < -0.4 is 0 Å². The van der Waals surface area contributed by atoms with E-state index in [4.69, 9.17) is 16.7 Å². The van der Waals surface area contributed by atoms with Gasteiger partial charge in [-0.15, -0.1) is 0 Å². The van der Waals surface area contributed by atoms with Gasteiger partial charge >= 0.3 is 5.97 Å². The molecule has 3 rings (SSSR count). The molecule has 164 valence electrons. The summed E-state index contributed by atoms with van der Waals surface area (Å²) in [4.78, 5) is 28.4. The summed E-state index contributed by atoms with van der Waals surface area (Å²) < 4.78 is 0.998. The van der Waals surface area contributed by atoms with Crippen LogP contribution in [0, 0.1) is 5.92 Å². The van der Waals surface area contributed by atoms with Crippen molar-refractivity contribution in [3.05, 3.63) is 53.3 Å². The van der Waals surface area contributed by atoms with Crippen LogP contribution in [0.15, 0.2) is 47.8 Å². The topological polar surface area (TPSA) is 72.2 Å². The lowest BCUT2D eigenvalue weighted by Gasteiger charge is -2.24. The first-order chi connectivity index (χ1) is 14.5. The molecule has 0 amide bonds. The molecule has 0 bridgehead atoms. The Morgan fingerprint density at radius 3 is 2.39 bits per heavy atom. The fourth-order valence-corrected chi connectivity index (χ4v) is 4.82. The second kappa shape index (κ2) is 9.05. The van der Waals surface area contributed by atoms with E-state index in [1.54, 1.807) is 27.0 Å². The summed E-state index contributed by atoms with van der Waals surface area (Å²) in [5.74, 6) is -1.48. The predicted molar refractivity (Wildman–Crippen MR) is 127 cm³/mol. The van der Waals surface area contributed by atoms with E-state index in [1.807, 2.05) is 22.8 Å². The van der Waals surface area contributed by atoms with E-state index in [1.165, 1.54) is 17.3 Å². The van der Waals surface area contributed by atoms with Crippen molar-refractivity contribution >= 4 is 45.9 Å². The largest absolute Gasteiger partial charge is 0.481 e. The van der Waals surface area contributed by atoms with Crippen LogP contribution in [0.25, 0.3) is 16.5 Å². The van der Waals surface area contributed by atoms with Crippen molar-refractivity contribution in [2.24, 2.45) is 5.92 Å². The first-order valence-corrected chi connectivity index (χ1v) is 11.4. The van der Waals surface area contributed by atoms with Crippen LogP contribution in [0.5, 0.6) is 0 Å². The molecule has 0 aliphatic carbocycles. The standard InChI is InChI=1S/C24H27ClN2O3S/c1-14(2)16-10-11-19(18-9-7-6-8-17(16)18)27-21(25)13-26-23(27)31-24(4,5)20(28)12-15(3)22(29)30/h6-11,13-15H,12H2,1-5H3,(H,29,30). The fourth-order valence-electron chi connectivity index (χ4n) is 3.51. The Hall–Kier alpha value is -2.31. The Bertz CT molecular complexity index is 1140. The first-order valence-electron chi connectivity index (χ1n) is 10.2. The quantitative estimate of drug-likeness (QED) is 0.398. The Balaban J connectivity index is 2.04. The van der Waals surface area contributed by atoms with Gasteiger partial charge in [0.15, 0.2) is 5.16 Å². The zero-order valence-electron chi connectivity index (χ0n) is 18.3. The minimum absolute atomic E-state index is 0.0320. The number of carboxylic acid groups (broad SMARTS) is 1. The third-order valence-electron chi connectivity index (χ3n) is 5.42. The smallest absolute Gasteiger partial charge is 0.306 e. The van der Waals surface area contributed by atoms with Gasteiger partial charge in [-0.3, -0.25) is 14.2 Å². The molecule has 1 heterocycles. The van der Waals surface area contributed by atoms with Crippen molar-refractivity contribution in [1.82, 2.24) is 9.55 Å². The number of rotatable bonds is 8. The molecule has 1 N–H and O–H groups in total. The highest BCUT2D eigenvalue weighted by atomic mass is 35.5. The maximum atomic E-state index is 12.8. The van der Waals surface area contributed by atoms with Crippen molar-refractivity contribution in [3.8, 4) is 5.69 Å². The summed E-state index contributed by atoms with van der Waals surface area (Å²) in [6.07, 6.45) is 1.55. The second-order valence-corrected chi connectivity index (χ2v) is 10.5. The number of halogens is 1. The van der Waals surface area contributed by atoms with Crippen LogP contribution in [-0.2, 0) is 9.59 Å². The molecule has 0 aliphatic heterocycles. The summed E-state index contributed by atoms with van der Waals surface area (Å²) in [7, 11) is 0. The molecule has 0 fully saturated rings. The SMILES string of the molecule is CC(CC(=O)C(C)(C)Sc1ncc(Cl)n1-c1ccc(C(C)C)c2ccccc12)C(=O)O. The molecule has 31 heavy (non-hydrogen) atoms. The zero-order chi connectivity index (χ0) is 22.9. The molecule has 1 atom stereocenters. The van der Waals surface area contributed by atoms with Crippen LogP contribution in [0.4, 0.5) is 0 Å². The number of carbonyl (C=O) groups is 2. The molecule has 0 saturated carbocycles. The van der Waals surface area contributed by atoms with Crippen LogP contribution in [0.3, 0.4) is 0 Å². The van der Waals surface area contributed by atoms with Gasteiger partial charge in [0, 0.05) is 11.8 Å². The molecule has 1 aromatic heterocycles. The van der Waals surface area contributed by atoms with Gasteiger partial charge in [-0.05, 0) is 36.8 Å². The van der Waals surface area contributed by atoms with E-state index >= 15 is 0 Å². The van der Waals surface area contributed by atoms with E-state index in [0.717, 1.165) is 16.5 Å². The number of fused-ring (bicyclic) bond motifs is 1. The third-order valence-corrected chi connectivity index (χ3v) is 6.89. The van der Waals surface area contributed by atoms with Gasteiger partial charge in [0.05, 0.1) is 22.5 Å². The van der Waals surface area contributed by atoms with Gasteiger partial charge in [-0.25, -0.2) is 4.98 Å². The van der Waals surface area contributed by atoms with Crippen molar-refractivity contribution in [2.75, 3.05) is 0 Å².